The second-order valence-electron chi connectivity index (χ2n) is 3.33. The predicted octanol–water partition coefficient (Wildman–Crippen LogP) is 4.55. The van der Waals surface area contributed by atoms with Gasteiger partial charge >= 0.3 is 0 Å². The van der Waals surface area contributed by atoms with E-state index in [0.717, 1.165) is 0 Å². The van der Waals surface area contributed by atoms with Gasteiger partial charge in [-0.2, -0.15) is 0 Å². The van der Waals surface area contributed by atoms with E-state index in [1.165, 1.54) is 18.2 Å². The molecule has 16 heavy (non-hydrogen) atoms. The van der Waals surface area contributed by atoms with E-state index in [4.69, 9.17) is 5.11 Å². The second-order valence-corrected chi connectivity index (χ2v) is 3.33. The van der Waals surface area contributed by atoms with Crippen molar-refractivity contribution < 1.29 is 9.50 Å². The highest BCUT2D eigenvalue weighted by atomic mass is 19.1. The molecule has 0 unspecified atom stereocenters. The minimum absolute atomic E-state index is 0.115. The Morgan fingerprint density at radius 2 is 1.75 bits per heavy atom. The first-order valence-electron chi connectivity index (χ1n) is 4.88. The fraction of sp³-hybridized carbons (Fsp3) is 0.143. The van der Waals surface area contributed by atoms with E-state index in [9.17, 15) is 4.39 Å². The van der Waals surface area contributed by atoms with E-state index in [-0.39, 0.29) is 11.3 Å². The molecule has 0 amide bonds. The Morgan fingerprint density at radius 1 is 1.19 bits per heavy atom. The van der Waals surface area contributed by atoms with Crippen LogP contribution in [0.15, 0.2) is 72.8 Å². The molecule has 0 saturated carbocycles. The summed E-state index contributed by atoms with van der Waals surface area (Å²) in [4.78, 5) is 0. The minimum atomic E-state index is -0.468. The molecular weight excluding hydrogens is 203 g/mol. The first-order valence-corrected chi connectivity index (χ1v) is 4.88. The highest BCUT2D eigenvalue weighted by Crippen LogP contribution is 2.20. The molecule has 0 spiro atoms. The molecule has 86 valence electrons. The zero-order valence-electron chi connectivity index (χ0n) is 9.59. The first kappa shape index (κ1) is 14.2. The Balaban J connectivity index is 4.69. The first-order chi connectivity index (χ1) is 7.38. The highest BCUT2D eigenvalue weighted by molar-refractivity contribution is 5.48. The van der Waals surface area contributed by atoms with Crippen LogP contribution in [0.1, 0.15) is 13.3 Å². The summed E-state index contributed by atoms with van der Waals surface area (Å²) in [7, 11) is 0. The lowest BCUT2D eigenvalue weighted by atomic mass is 10.1. The van der Waals surface area contributed by atoms with Crippen molar-refractivity contribution in [1.82, 2.24) is 0 Å². The van der Waals surface area contributed by atoms with Crippen LogP contribution in [-0.2, 0) is 0 Å². The Bertz CT molecular complexity index is 384. The van der Waals surface area contributed by atoms with Gasteiger partial charge in [-0.15, -0.1) is 0 Å². The number of aliphatic hydroxyl groups excluding tert-OH is 1. The van der Waals surface area contributed by atoms with Gasteiger partial charge < -0.3 is 5.11 Å². The largest absolute Gasteiger partial charge is 0.509 e. The third kappa shape index (κ3) is 5.15. The fourth-order valence-corrected chi connectivity index (χ4v) is 0.819. The van der Waals surface area contributed by atoms with E-state index in [1.807, 2.05) is 6.92 Å². The minimum Gasteiger partial charge on any atom is -0.509 e. The lowest BCUT2D eigenvalue weighted by Gasteiger charge is -2.03. The van der Waals surface area contributed by atoms with Crippen LogP contribution in [0.3, 0.4) is 0 Å². The number of aliphatic hydroxyl groups is 1. The monoisotopic (exact) mass is 220 g/mol. The Labute approximate surface area is 96.3 Å². The van der Waals surface area contributed by atoms with E-state index < -0.39 is 5.83 Å². The molecule has 1 nitrogen and oxygen atoms in total. The molecular formula is C14H17FO. The van der Waals surface area contributed by atoms with E-state index in [1.54, 1.807) is 0 Å². The van der Waals surface area contributed by atoms with Crippen LogP contribution in [0.4, 0.5) is 4.39 Å². The van der Waals surface area contributed by atoms with Gasteiger partial charge in [-0.1, -0.05) is 44.9 Å². The van der Waals surface area contributed by atoms with Crippen molar-refractivity contribution in [1.29, 1.82) is 0 Å². The van der Waals surface area contributed by atoms with Crippen LogP contribution in [0.5, 0.6) is 0 Å². The number of rotatable bonds is 6. The molecule has 0 heterocycles. The zero-order valence-corrected chi connectivity index (χ0v) is 9.59. The highest BCUT2D eigenvalue weighted by Gasteiger charge is 2.03. The molecule has 0 atom stereocenters. The van der Waals surface area contributed by atoms with Gasteiger partial charge in [0.15, 0.2) is 0 Å². The summed E-state index contributed by atoms with van der Waals surface area (Å²) >= 11 is 0. The summed E-state index contributed by atoms with van der Waals surface area (Å²) in [5, 5.41) is 8.83. The van der Waals surface area contributed by atoms with Crippen molar-refractivity contribution in [2.45, 2.75) is 13.3 Å². The molecule has 0 aromatic carbocycles. The van der Waals surface area contributed by atoms with Gasteiger partial charge in [-0.25, -0.2) is 4.39 Å². The maximum Gasteiger partial charge on any atom is 0.130 e. The van der Waals surface area contributed by atoms with Crippen LogP contribution < -0.4 is 0 Å². The maximum absolute atomic E-state index is 13.5. The molecule has 0 fully saturated rings. The van der Waals surface area contributed by atoms with Gasteiger partial charge in [0.25, 0.3) is 0 Å². The van der Waals surface area contributed by atoms with Gasteiger partial charge in [-0.05, 0) is 24.1 Å². The van der Waals surface area contributed by atoms with Crippen LogP contribution in [-0.4, -0.2) is 5.11 Å². The van der Waals surface area contributed by atoms with Crippen molar-refractivity contribution in [2.24, 2.45) is 0 Å². The van der Waals surface area contributed by atoms with E-state index in [0.29, 0.717) is 17.6 Å². The summed E-state index contributed by atoms with van der Waals surface area (Å²) in [6, 6.07) is 0. The standard InChI is InChI=1S/C14H17FO/c1-6-10(2)9-14(15)13(5)11(3)7-8-12(4)16/h7-9,16H,2-6H2,1H3/b8-7-,14-9+. The van der Waals surface area contributed by atoms with Gasteiger partial charge in [0.1, 0.15) is 11.6 Å². The van der Waals surface area contributed by atoms with Gasteiger partial charge in [-0.3, -0.25) is 0 Å². The van der Waals surface area contributed by atoms with Crippen LogP contribution in [0.2, 0.25) is 0 Å². The quantitative estimate of drug-likeness (QED) is 0.514. The normalized spacial score (nSPS) is 11.5. The summed E-state index contributed by atoms with van der Waals surface area (Å²) in [6.45, 7) is 16.0. The average Bonchev–Trinajstić information content (AvgIpc) is 2.24. The molecule has 2 heteroatoms. The molecule has 0 aliphatic rings. The SMILES string of the molecule is C=C(O)/C=C\C(=C)C(=C)/C(F)=C\C(=C)CC. The lowest BCUT2D eigenvalue weighted by molar-refractivity contribution is 0.435. The summed E-state index contributed by atoms with van der Waals surface area (Å²) in [6.07, 6.45) is 4.79. The van der Waals surface area contributed by atoms with E-state index in [2.05, 4.69) is 26.3 Å². The Hall–Kier alpha value is -1.83. The summed E-state index contributed by atoms with van der Waals surface area (Å²) < 4.78 is 13.5. The smallest absolute Gasteiger partial charge is 0.130 e. The molecule has 0 aliphatic carbocycles. The predicted molar refractivity (Wildman–Crippen MR) is 67.8 cm³/mol. The number of hydrogen-bond donors (Lipinski definition) is 1. The van der Waals surface area contributed by atoms with Gasteiger partial charge in [0.05, 0.1) is 0 Å². The van der Waals surface area contributed by atoms with Gasteiger partial charge in [0.2, 0.25) is 0 Å². The van der Waals surface area contributed by atoms with E-state index >= 15 is 0 Å². The molecule has 1 N–H and O–H groups in total. The Morgan fingerprint density at radius 3 is 2.19 bits per heavy atom. The Kier molecular flexibility index (Phi) is 5.86. The van der Waals surface area contributed by atoms with Crippen LogP contribution >= 0.6 is 0 Å². The average molecular weight is 220 g/mol. The van der Waals surface area contributed by atoms with Crippen LogP contribution in [0.25, 0.3) is 0 Å². The molecule has 0 bridgehead atoms. The van der Waals surface area contributed by atoms with Gasteiger partial charge in [0, 0.05) is 5.57 Å². The third-order valence-electron chi connectivity index (χ3n) is 1.94. The molecule has 0 aromatic heterocycles. The van der Waals surface area contributed by atoms with Crippen LogP contribution in [0, 0.1) is 0 Å². The number of hydrogen-bond acceptors (Lipinski definition) is 1. The van der Waals surface area contributed by atoms with Crippen molar-refractivity contribution >= 4 is 0 Å². The molecule has 0 saturated heterocycles. The molecule has 0 aliphatic heterocycles. The molecule has 0 rings (SSSR count). The van der Waals surface area contributed by atoms with Crippen molar-refractivity contribution in [3.8, 4) is 0 Å². The maximum atomic E-state index is 13.5. The third-order valence-corrected chi connectivity index (χ3v) is 1.94. The van der Waals surface area contributed by atoms with Crippen molar-refractivity contribution in [3.63, 3.8) is 0 Å². The lowest BCUT2D eigenvalue weighted by Crippen LogP contribution is -1.86. The number of halogens is 1. The van der Waals surface area contributed by atoms with Crippen molar-refractivity contribution in [2.75, 3.05) is 0 Å². The molecule has 0 aromatic rings. The molecule has 0 radical (unpaired) electrons. The summed E-state index contributed by atoms with van der Waals surface area (Å²) in [5.74, 6) is -0.582. The zero-order chi connectivity index (χ0) is 12.7. The van der Waals surface area contributed by atoms with Crippen molar-refractivity contribution in [3.05, 3.63) is 72.8 Å². The second kappa shape index (κ2) is 6.62. The fourth-order valence-electron chi connectivity index (χ4n) is 0.819. The topological polar surface area (TPSA) is 20.2 Å². The summed E-state index contributed by atoms with van der Waals surface area (Å²) in [5.41, 5.74) is 1.24. The number of allylic oxidation sites excluding steroid dienone is 7.